The van der Waals surface area contributed by atoms with Gasteiger partial charge in [0.2, 0.25) is 11.8 Å². The highest BCUT2D eigenvalue weighted by atomic mass is 16.2. The molecule has 1 fully saturated rings. The summed E-state index contributed by atoms with van der Waals surface area (Å²) in [6.07, 6.45) is 0.898. The third kappa shape index (κ3) is 4.00. The summed E-state index contributed by atoms with van der Waals surface area (Å²) < 4.78 is 0. The molecule has 0 aromatic carbocycles. The van der Waals surface area contributed by atoms with Crippen LogP contribution < -0.4 is 5.32 Å². The molecule has 1 aliphatic rings. The predicted octanol–water partition coefficient (Wildman–Crippen LogP) is -0.0773. The van der Waals surface area contributed by atoms with Crippen LogP contribution in [0.25, 0.3) is 0 Å². The van der Waals surface area contributed by atoms with Gasteiger partial charge in [0.25, 0.3) is 0 Å². The van der Waals surface area contributed by atoms with Crippen molar-refractivity contribution in [3.63, 3.8) is 0 Å². The lowest BCUT2D eigenvalue weighted by atomic mass is 10.1. The van der Waals surface area contributed by atoms with Crippen molar-refractivity contribution < 1.29 is 9.59 Å². The Kier molecular flexibility index (Phi) is 5.41. The average Bonchev–Trinajstić information content (AvgIpc) is 2.26. The van der Waals surface area contributed by atoms with Gasteiger partial charge in [-0.25, -0.2) is 0 Å². The molecular formula is C12H23N3O2. The van der Waals surface area contributed by atoms with Crippen LogP contribution in [0.1, 0.15) is 20.3 Å². The Balaban J connectivity index is 2.49. The first-order valence-electron chi connectivity index (χ1n) is 6.28. The summed E-state index contributed by atoms with van der Waals surface area (Å²) in [7, 11) is 1.89. The maximum Gasteiger partial charge on any atom is 0.242 e. The first-order valence-corrected chi connectivity index (χ1v) is 6.28. The van der Waals surface area contributed by atoms with E-state index in [2.05, 4.69) is 12.2 Å². The standard InChI is InChI=1S/C12H23N3O2/c1-4-5-14-8-12(17)15(9-11(14)16)7-10(2)6-13-3/h10,13H,4-9H2,1-3H3. The first-order chi connectivity index (χ1) is 8.08. The van der Waals surface area contributed by atoms with Gasteiger partial charge in [0.1, 0.15) is 0 Å². The summed E-state index contributed by atoms with van der Waals surface area (Å²) >= 11 is 0. The summed E-state index contributed by atoms with van der Waals surface area (Å²) in [5.74, 6) is 0.513. The van der Waals surface area contributed by atoms with E-state index >= 15 is 0 Å². The molecule has 1 N–H and O–H groups in total. The van der Waals surface area contributed by atoms with Crippen molar-refractivity contribution in [1.29, 1.82) is 0 Å². The Hall–Kier alpha value is -1.10. The lowest BCUT2D eigenvalue weighted by molar-refractivity contribution is -0.150. The summed E-state index contributed by atoms with van der Waals surface area (Å²) in [5.41, 5.74) is 0. The van der Waals surface area contributed by atoms with Crippen molar-refractivity contribution in [3.05, 3.63) is 0 Å². The Morgan fingerprint density at radius 2 is 1.82 bits per heavy atom. The van der Waals surface area contributed by atoms with Gasteiger partial charge in [-0.2, -0.15) is 0 Å². The molecule has 0 radical (unpaired) electrons. The van der Waals surface area contributed by atoms with Gasteiger partial charge >= 0.3 is 0 Å². The number of nitrogens with zero attached hydrogens (tertiary/aromatic N) is 2. The number of rotatable bonds is 6. The summed E-state index contributed by atoms with van der Waals surface area (Å²) in [4.78, 5) is 27.0. The third-order valence-electron chi connectivity index (χ3n) is 2.94. The summed E-state index contributed by atoms with van der Waals surface area (Å²) in [6.45, 7) is 6.78. The van der Waals surface area contributed by atoms with Crippen LogP contribution in [-0.2, 0) is 9.59 Å². The predicted molar refractivity (Wildman–Crippen MR) is 66.5 cm³/mol. The Labute approximate surface area is 103 Å². The van der Waals surface area contributed by atoms with E-state index in [-0.39, 0.29) is 24.9 Å². The second kappa shape index (κ2) is 6.59. The minimum Gasteiger partial charge on any atom is -0.332 e. The molecule has 0 bridgehead atoms. The summed E-state index contributed by atoms with van der Waals surface area (Å²) in [5, 5.41) is 3.08. The summed E-state index contributed by atoms with van der Waals surface area (Å²) in [6, 6.07) is 0. The molecular weight excluding hydrogens is 218 g/mol. The molecule has 0 aliphatic carbocycles. The lowest BCUT2D eigenvalue weighted by Gasteiger charge is -2.35. The molecule has 0 aromatic heterocycles. The van der Waals surface area contributed by atoms with Crippen molar-refractivity contribution in [2.45, 2.75) is 20.3 Å². The molecule has 2 amide bonds. The van der Waals surface area contributed by atoms with E-state index in [0.29, 0.717) is 19.0 Å². The van der Waals surface area contributed by atoms with Gasteiger partial charge in [0, 0.05) is 13.1 Å². The van der Waals surface area contributed by atoms with E-state index in [0.717, 1.165) is 13.0 Å². The van der Waals surface area contributed by atoms with Crippen molar-refractivity contribution in [2.75, 3.05) is 39.8 Å². The van der Waals surface area contributed by atoms with Crippen molar-refractivity contribution in [1.82, 2.24) is 15.1 Å². The van der Waals surface area contributed by atoms with E-state index in [9.17, 15) is 9.59 Å². The van der Waals surface area contributed by atoms with Crippen molar-refractivity contribution in [3.8, 4) is 0 Å². The SMILES string of the molecule is CCCN1CC(=O)N(CC(C)CNC)CC1=O. The Morgan fingerprint density at radius 1 is 1.24 bits per heavy atom. The number of carbonyl (C=O) groups is 2. The third-order valence-corrected chi connectivity index (χ3v) is 2.94. The molecule has 5 nitrogen and oxygen atoms in total. The lowest BCUT2D eigenvalue weighted by Crippen LogP contribution is -2.55. The van der Waals surface area contributed by atoms with Crippen LogP contribution in [0.15, 0.2) is 0 Å². The maximum atomic E-state index is 11.9. The van der Waals surface area contributed by atoms with Crippen molar-refractivity contribution >= 4 is 11.8 Å². The number of hydrogen-bond acceptors (Lipinski definition) is 3. The van der Waals surface area contributed by atoms with Gasteiger partial charge < -0.3 is 15.1 Å². The molecule has 98 valence electrons. The molecule has 1 aliphatic heterocycles. The first kappa shape index (κ1) is 14.0. The molecule has 1 rings (SSSR count). The van der Waals surface area contributed by atoms with Gasteiger partial charge in [-0.05, 0) is 25.9 Å². The molecule has 5 heteroatoms. The topological polar surface area (TPSA) is 52.7 Å². The molecule has 1 heterocycles. The van der Waals surface area contributed by atoms with Crippen LogP contribution in [0.4, 0.5) is 0 Å². The van der Waals surface area contributed by atoms with Gasteiger partial charge in [-0.15, -0.1) is 0 Å². The van der Waals surface area contributed by atoms with Gasteiger partial charge in [-0.1, -0.05) is 13.8 Å². The minimum atomic E-state index is 0.0704. The largest absolute Gasteiger partial charge is 0.332 e. The molecule has 1 atom stereocenters. The monoisotopic (exact) mass is 241 g/mol. The van der Waals surface area contributed by atoms with E-state index in [1.54, 1.807) is 9.80 Å². The second-order valence-electron chi connectivity index (χ2n) is 4.75. The smallest absolute Gasteiger partial charge is 0.242 e. The van der Waals surface area contributed by atoms with E-state index in [1.807, 2.05) is 14.0 Å². The highest BCUT2D eigenvalue weighted by molar-refractivity contribution is 5.92. The van der Waals surface area contributed by atoms with E-state index in [1.165, 1.54) is 0 Å². The maximum absolute atomic E-state index is 11.9. The molecule has 1 unspecified atom stereocenters. The highest BCUT2D eigenvalue weighted by Crippen LogP contribution is 2.08. The minimum absolute atomic E-state index is 0.0704. The Morgan fingerprint density at radius 3 is 2.41 bits per heavy atom. The Bertz CT molecular complexity index is 281. The number of nitrogens with one attached hydrogen (secondary N) is 1. The molecule has 0 saturated carbocycles. The highest BCUT2D eigenvalue weighted by Gasteiger charge is 2.29. The average molecular weight is 241 g/mol. The molecule has 1 saturated heterocycles. The van der Waals surface area contributed by atoms with Crippen LogP contribution >= 0.6 is 0 Å². The number of piperazine rings is 1. The fraction of sp³-hybridized carbons (Fsp3) is 0.833. The van der Waals surface area contributed by atoms with Crippen LogP contribution in [-0.4, -0.2) is 61.4 Å². The number of amides is 2. The van der Waals surface area contributed by atoms with Gasteiger partial charge in [0.15, 0.2) is 0 Å². The quantitative estimate of drug-likeness (QED) is 0.708. The zero-order valence-electron chi connectivity index (χ0n) is 11.0. The van der Waals surface area contributed by atoms with E-state index in [4.69, 9.17) is 0 Å². The molecule has 17 heavy (non-hydrogen) atoms. The molecule has 0 aromatic rings. The zero-order valence-corrected chi connectivity index (χ0v) is 11.0. The van der Waals surface area contributed by atoms with Gasteiger partial charge in [0.05, 0.1) is 13.1 Å². The van der Waals surface area contributed by atoms with Crippen LogP contribution in [0.3, 0.4) is 0 Å². The fourth-order valence-electron chi connectivity index (χ4n) is 2.13. The van der Waals surface area contributed by atoms with Crippen LogP contribution in [0, 0.1) is 5.92 Å². The fourth-order valence-corrected chi connectivity index (χ4v) is 2.13. The van der Waals surface area contributed by atoms with Crippen molar-refractivity contribution in [2.24, 2.45) is 5.92 Å². The van der Waals surface area contributed by atoms with Gasteiger partial charge in [-0.3, -0.25) is 9.59 Å². The normalized spacial score (nSPS) is 18.8. The number of hydrogen-bond donors (Lipinski definition) is 1. The molecule has 0 spiro atoms. The number of carbonyl (C=O) groups excluding carboxylic acids is 2. The second-order valence-corrected chi connectivity index (χ2v) is 4.75. The van der Waals surface area contributed by atoms with Crippen LogP contribution in [0.2, 0.25) is 0 Å². The van der Waals surface area contributed by atoms with E-state index < -0.39 is 0 Å². The van der Waals surface area contributed by atoms with Crippen LogP contribution in [0.5, 0.6) is 0 Å². The zero-order chi connectivity index (χ0) is 12.8.